The van der Waals surface area contributed by atoms with Gasteiger partial charge in [0.2, 0.25) is 0 Å². The molecule has 5 fully saturated rings. The SMILES string of the molecule is CCC[N+]12[C@H](O)[C@@H](CC)[C@@H]3C[C@@H]1[C@@H]1N(C)c4ccccc4[C@]14C[C@H]2C3[C@H]4O. The molecule has 0 radical (unpaired) electrons. The predicted octanol–water partition coefficient (Wildman–Crippen LogP) is 2.48. The highest BCUT2D eigenvalue weighted by atomic mass is 16.3. The minimum absolute atomic E-state index is 0.127. The van der Waals surface area contributed by atoms with Gasteiger partial charge in [0.15, 0.2) is 6.23 Å². The van der Waals surface area contributed by atoms with Crippen LogP contribution in [0.3, 0.4) is 0 Å². The number of nitrogens with zero attached hydrogens (tertiary/aromatic N) is 2. The third-order valence-corrected chi connectivity index (χ3v) is 9.73. The highest BCUT2D eigenvalue weighted by Crippen LogP contribution is 2.71. The number of quaternary nitrogens is 1. The maximum Gasteiger partial charge on any atom is 0.194 e. The number of likely N-dealkylation sites (N-methyl/N-ethyl adjacent to an activating group) is 1. The molecule has 0 amide bonds. The summed E-state index contributed by atoms with van der Waals surface area (Å²) in [6.45, 7) is 5.56. The van der Waals surface area contributed by atoms with E-state index in [1.807, 2.05) is 0 Å². The number of aliphatic hydroxyl groups is 2. The molecule has 5 heterocycles. The van der Waals surface area contributed by atoms with Crippen LogP contribution in [0.1, 0.15) is 45.1 Å². The van der Waals surface area contributed by atoms with Crippen LogP contribution in [0.4, 0.5) is 5.69 Å². The first-order chi connectivity index (χ1) is 13.0. The summed E-state index contributed by atoms with van der Waals surface area (Å²) in [7, 11) is 2.23. The second kappa shape index (κ2) is 5.08. The van der Waals surface area contributed by atoms with Crippen molar-refractivity contribution in [2.75, 3.05) is 18.5 Å². The van der Waals surface area contributed by atoms with Crippen molar-refractivity contribution in [2.45, 2.75) is 75.4 Å². The Hall–Kier alpha value is -1.10. The molecule has 4 heteroatoms. The summed E-state index contributed by atoms with van der Waals surface area (Å²) in [5.41, 5.74) is 2.56. The molecule has 6 aliphatic rings. The first kappa shape index (κ1) is 16.8. The van der Waals surface area contributed by atoms with Gasteiger partial charge in [0, 0.05) is 37.4 Å². The molecule has 2 N–H and O–H groups in total. The molecule has 1 spiro atoms. The van der Waals surface area contributed by atoms with Crippen LogP contribution in [0.15, 0.2) is 24.3 Å². The fourth-order valence-electron chi connectivity index (χ4n) is 9.23. The van der Waals surface area contributed by atoms with Gasteiger partial charge < -0.3 is 15.1 Å². The van der Waals surface area contributed by atoms with Crippen molar-refractivity contribution >= 4 is 5.69 Å². The highest BCUT2D eigenvalue weighted by Gasteiger charge is 2.82. The third-order valence-electron chi connectivity index (χ3n) is 9.73. The number of rotatable bonds is 3. The average Bonchev–Trinajstić information content (AvgIpc) is 3.06. The lowest BCUT2D eigenvalue weighted by Gasteiger charge is -2.68. The molecule has 1 aromatic carbocycles. The second-order valence-electron chi connectivity index (χ2n) is 10.1. The first-order valence-electron chi connectivity index (χ1n) is 11.1. The number of anilines is 1. The molecule has 146 valence electrons. The molecule has 5 aliphatic heterocycles. The predicted molar refractivity (Wildman–Crippen MR) is 105 cm³/mol. The van der Waals surface area contributed by atoms with E-state index < -0.39 is 0 Å². The Morgan fingerprint density at radius 2 is 1.96 bits per heavy atom. The zero-order valence-corrected chi connectivity index (χ0v) is 16.8. The van der Waals surface area contributed by atoms with Crippen molar-refractivity contribution in [3.63, 3.8) is 0 Å². The molecule has 1 saturated carbocycles. The lowest BCUT2D eigenvalue weighted by atomic mass is 9.60. The highest BCUT2D eigenvalue weighted by molar-refractivity contribution is 5.66. The van der Waals surface area contributed by atoms with Crippen molar-refractivity contribution in [1.82, 2.24) is 0 Å². The Morgan fingerprint density at radius 3 is 2.70 bits per heavy atom. The number of fused-ring (bicyclic) bond motifs is 2. The lowest BCUT2D eigenvalue weighted by Crippen LogP contribution is -2.83. The van der Waals surface area contributed by atoms with Crippen LogP contribution in [0, 0.1) is 17.8 Å². The molecular formula is C23H33N2O2+. The van der Waals surface area contributed by atoms with Crippen LogP contribution >= 0.6 is 0 Å². The summed E-state index contributed by atoms with van der Waals surface area (Å²) in [5, 5.41) is 23.6. The van der Waals surface area contributed by atoms with E-state index in [1.54, 1.807) is 0 Å². The minimum atomic E-state index is -0.271. The molecule has 1 aliphatic carbocycles. The molecule has 4 nitrogen and oxygen atoms in total. The third kappa shape index (κ3) is 1.51. The summed E-state index contributed by atoms with van der Waals surface area (Å²) in [5.74, 6) is 1.18. The smallest absolute Gasteiger partial charge is 0.194 e. The summed E-state index contributed by atoms with van der Waals surface area (Å²) in [6.07, 6.45) is 3.84. The van der Waals surface area contributed by atoms with Crippen molar-refractivity contribution in [2.24, 2.45) is 17.8 Å². The van der Waals surface area contributed by atoms with Gasteiger partial charge in [-0.15, -0.1) is 0 Å². The van der Waals surface area contributed by atoms with Gasteiger partial charge in [0.25, 0.3) is 0 Å². The van der Waals surface area contributed by atoms with E-state index in [4.69, 9.17) is 0 Å². The Balaban J connectivity index is 1.62. The van der Waals surface area contributed by atoms with Gasteiger partial charge in [0.05, 0.1) is 30.1 Å². The van der Waals surface area contributed by atoms with Crippen LogP contribution in [0.5, 0.6) is 0 Å². The molecule has 27 heavy (non-hydrogen) atoms. The molecule has 4 saturated heterocycles. The Bertz CT molecular complexity index is 798. The number of para-hydroxylation sites is 1. The van der Waals surface area contributed by atoms with Gasteiger partial charge in [-0.2, -0.15) is 0 Å². The van der Waals surface area contributed by atoms with Crippen molar-refractivity contribution in [3.8, 4) is 0 Å². The normalized spacial score (nSPS) is 53.7. The number of hydrogen-bond acceptors (Lipinski definition) is 3. The van der Waals surface area contributed by atoms with Gasteiger partial charge in [-0.3, -0.25) is 4.48 Å². The van der Waals surface area contributed by atoms with E-state index in [-0.39, 0.29) is 17.7 Å². The number of aliphatic hydroxyl groups excluding tert-OH is 2. The summed E-state index contributed by atoms with van der Waals surface area (Å²) < 4.78 is 0.873. The molecule has 7 rings (SSSR count). The zero-order valence-electron chi connectivity index (χ0n) is 16.8. The monoisotopic (exact) mass is 369 g/mol. The maximum absolute atomic E-state index is 11.9. The number of piperidine rings is 4. The Labute approximate surface area is 162 Å². The lowest BCUT2D eigenvalue weighted by molar-refractivity contribution is -1.04. The van der Waals surface area contributed by atoms with Crippen LogP contribution in [-0.4, -0.2) is 58.7 Å². The van der Waals surface area contributed by atoms with E-state index >= 15 is 0 Å². The van der Waals surface area contributed by atoms with Crippen molar-refractivity contribution < 1.29 is 14.7 Å². The molecule has 10 atom stereocenters. The van der Waals surface area contributed by atoms with Crippen LogP contribution in [0.2, 0.25) is 0 Å². The zero-order chi connectivity index (χ0) is 18.7. The van der Waals surface area contributed by atoms with E-state index in [9.17, 15) is 10.2 Å². The van der Waals surface area contributed by atoms with Gasteiger partial charge in [-0.05, 0) is 30.4 Å². The fourth-order valence-corrected chi connectivity index (χ4v) is 9.23. The van der Waals surface area contributed by atoms with E-state index in [2.05, 4.69) is 50.1 Å². The van der Waals surface area contributed by atoms with Crippen LogP contribution in [-0.2, 0) is 5.41 Å². The van der Waals surface area contributed by atoms with Crippen molar-refractivity contribution in [1.29, 1.82) is 0 Å². The average molecular weight is 370 g/mol. The summed E-state index contributed by atoms with van der Waals surface area (Å²) in [6, 6.07) is 9.97. The molecular weight excluding hydrogens is 336 g/mol. The van der Waals surface area contributed by atoms with Gasteiger partial charge >= 0.3 is 0 Å². The topological polar surface area (TPSA) is 43.7 Å². The molecule has 1 aromatic rings. The standard InChI is InChI=1S/C23H33N2O2/c1-4-10-25-17-11-14(13(5-2)22(25)27)19-18(25)12-23(21(19)26)15-8-6-7-9-16(15)24(3)20(17)23/h6-9,13-14,17-22,26-27H,4-5,10-12H2,1-3H3/q+1/t13-,14-,17+,18-,19?,20-,21+,22+,23+,25?/m0/s1. The summed E-state index contributed by atoms with van der Waals surface area (Å²) in [4.78, 5) is 2.48. The van der Waals surface area contributed by atoms with Crippen LogP contribution < -0.4 is 4.90 Å². The quantitative estimate of drug-likeness (QED) is 0.805. The Morgan fingerprint density at radius 1 is 1.19 bits per heavy atom. The van der Waals surface area contributed by atoms with Crippen molar-refractivity contribution in [3.05, 3.63) is 29.8 Å². The molecule has 0 aromatic heterocycles. The van der Waals surface area contributed by atoms with Gasteiger partial charge in [0.1, 0.15) is 6.04 Å². The number of benzene rings is 1. The van der Waals surface area contributed by atoms with E-state index in [1.165, 1.54) is 17.7 Å². The Kier molecular flexibility index (Phi) is 3.17. The number of hydrogen-bond donors (Lipinski definition) is 2. The minimum Gasteiger partial charge on any atom is -0.392 e. The van der Waals surface area contributed by atoms with Crippen LogP contribution in [0.25, 0.3) is 0 Å². The van der Waals surface area contributed by atoms with E-state index in [0.29, 0.717) is 35.9 Å². The van der Waals surface area contributed by atoms with Gasteiger partial charge in [-0.25, -0.2) is 0 Å². The molecule has 5 bridgehead atoms. The largest absolute Gasteiger partial charge is 0.392 e. The van der Waals surface area contributed by atoms with Gasteiger partial charge in [-0.1, -0.05) is 32.0 Å². The first-order valence-corrected chi connectivity index (χ1v) is 11.1. The molecule has 2 unspecified atom stereocenters. The van der Waals surface area contributed by atoms with E-state index in [0.717, 1.165) is 30.3 Å². The summed E-state index contributed by atoms with van der Waals surface area (Å²) >= 11 is 0. The second-order valence-corrected chi connectivity index (χ2v) is 10.1. The fraction of sp³-hybridized carbons (Fsp3) is 0.739. The maximum atomic E-state index is 11.9.